The Morgan fingerprint density at radius 1 is 0.941 bits per heavy atom. The first-order valence-corrected chi connectivity index (χ1v) is 11.0. The maximum Gasteiger partial charge on any atom is 0.303 e. The molecule has 7 heteroatoms. The van der Waals surface area contributed by atoms with E-state index in [4.69, 9.17) is 10.5 Å². The minimum Gasteiger partial charge on any atom is -0.481 e. The molecule has 0 fully saturated rings. The van der Waals surface area contributed by atoms with E-state index in [1.807, 2.05) is 49.4 Å². The Kier molecular flexibility index (Phi) is 8.03. The van der Waals surface area contributed by atoms with Gasteiger partial charge in [-0.25, -0.2) is 0 Å². The zero-order valence-electron chi connectivity index (χ0n) is 19.2. The van der Waals surface area contributed by atoms with E-state index >= 15 is 0 Å². The van der Waals surface area contributed by atoms with Crippen LogP contribution in [-0.4, -0.2) is 33.8 Å². The highest BCUT2D eigenvalue weighted by Gasteiger charge is 2.34. The number of hydrogen-bond donors (Lipinski definition) is 2. The lowest BCUT2D eigenvalue weighted by Gasteiger charge is -2.36. The Bertz CT molecular complexity index is 1160. The van der Waals surface area contributed by atoms with Crippen molar-refractivity contribution in [2.24, 2.45) is 5.73 Å². The number of carbonyl (C=O) groups is 3. The molecule has 0 spiro atoms. The highest BCUT2D eigenvalue weighted by Crippen LogP contribution is 2.30. The molecule has 0 radical (unpaired) electrons. The first kappa shape index (κ1) is 24.5. The second kappa shape index (κ2) is 11.1. The monoisotopic (exact) mass is 460 g/mol. The second-order valence-electron chi connectivity index (χ2n) is 8.04. The molecule has 0 saturated carbocycles. The summed E-state index contributed by atoms with van der Waals surface area (Å²) in [6, 6.07) is 21.7. The molecule has 0 aromatic heterocycles. The standard InChI is InChI=1S/C27H28N2O5/c1-18-9-6-7-14-23(18)19(2)29(24(26(28)32)15-16-25(30)31)27(33)20-10-8-13-22(17-20)34-21-11-4-3-5-12-21/h3-14,17,19,24H,15-16H2,1-2H3,(H2,28,32)(H,30,31)/t19?,24-/m0/s1. The van der Waals surface area contributed by atoms with Gasteiger partial charge in [0.05, 0.1) is 6.04 Å². The number of carbonyl (C=O) groups excluding carboxylic acids is 2. The first-order valence-electron chi connectivity index (χ1n) is 11.0. The van der Waals surface area contributed by atoms with Gasteiger partial charge in [0.1, 0.15) is 17.5 Å². The SMILES string of the molecule is Cc1ccccc1C(C)N(C(=O)c1cccc(Oc2ccccc2)c1)[C@@H](CCC(=O)O)C(N)=O. The van der Waals surface area contributed by atoms with E-state index in [1.54, 1.807) is 43.3 Å². The van der Waals surface area contributed by atoms with Crippen LogP contribution in [0.1, 0.15) is 47.3 Å². The molecular weight excluding hydrogens is 432 g/mol. The van der Waals surface area contributed by atoms with Crippen LogP contribution >= 0.6 is 0 Å². The first-order chi connectivity index (χ1) is 16.3. The molecule has 0 heterocycles. The quantitative estimate of drug-likeness (QED) is 0.455. The molecule has 0 saturated heterocycles. The minimum atomic E-state index is -1.10. The molecule has 176 valence electrons. The van der Waals surface area contributed by atoms with Crippen molar-refractivity contribution in [1.82, 2.24) is 4.90 Å². The normalized spacial score (nSPS) is 12.4. The van der Waals surface area contributed by atoms with E-state index in [1.165, 1.54) is 4.90 Å². The average Bonchev–Trinajstić information content (AvgIpc) is 2.82. The summed E-state index contributed by atoms with van der Waals surface area (Å²) in [6.45, 7) is 3.72. The van der Waals surface area contributed by atoms with Gasteiger partial charge in [-0.15, -0.1) is 0 Å². The summed E-state index contributed by atoms with van der Waals surface area (Å²) < 4.78 is 5.86. The van der Waals surface area contributed by atoms with E-state index in [0.29, 0.717) is 17.1 Å². The summed E-state index contributed by atoms with van der Waals surface area (Å²) in [6.07, 6.45) is -0.387. The summed E-state index contributed by atoms with van der Waals surface area (Å²) in [5.74, 6) is -1.19. The molecule has 0 bridgehead atoms. The van der Waals surface area contributed by atoms with Gasteiger partial charge in [0.25, 0.3) is 5.91 Å². The third kappa shape index (κ3) is 6.01. The van der Waals surface area contributed by atoms with Crippen LogP contribution < -0.4 is 10.5 Å². The number of ether oxygens (including phenoxy) is 1. The third-order valence-electron chi connectivity index (χ3n) is 5.65. The predicted molar refractivity (Wildman–Crippen MR) is 129 cm³/mol. The highest BCUT2D eigenvalue weighted by atomic mass is 16.5. The van der Waals surface area contributed by atoms with E-state index in [-0.39, 0.29) is 12.8 Å². The number of primary amides is 1. The lowest BCUT2D eigenvalue weighted by atomic mass is 9.97. The van der Waals surface area contributed by atoms with Gasteiger partial charge in [0, 0.05) is 12.0 Å². The van der Waals surface area contributed by atoms with Gasteiger partial charge < -0.3 is 20.5 Å². The number of amides is 2. The molecule has 3 aromatic rings. The van der Waals surface area contributed by atoms with E-state index in [9.17, 15) is 19.5 Å². The summed E-state index contributed by atoms with van der Waals surface area (Å²) in [5, 5.41) is 9.19. The number of nitrogens with two attached hydrogens (primary N) is 1. The number of hydrogen-bond acceptors (Lipinski definition) is 4. The second-order valence-corrected chi connectivity index (χ2v) is 8.04. The van der Waals surface area contributed by atoms with Gasteiger partial charge in [-0.05, 0) is 61.7 Å². The topological polar surface area (TPSA) is 110 Å². The summed E-state index contributed by atoms with van der Waals surface area (Å²) >= 11 is 0. The zero-order valence-corrected chi connectivity index (χ0v) is 19.2. The van der Waals surface area contributed by atoms with Crippen LogP contribution in [0.25, 0.3) is 0 Å². The lowest BCUT2D eigenvalue weighted by molar-refractivity contribution is -0.137. The molecule has 1 unspecified atom stereocenters. The van der Waals surface area contributed by atoms with Crippen LogP contribution in [0.15, 0.2) is 78.9 Å². The number of carboxylic acids is 1. The Balaban J connectivity index is 2.00. The zero-order chi connectivity index (χ0) is 24.7. The Hall–Kier alpha value is -4.13. The van der Waals surface area contributed by atoms with Crippen LogP contribution in [0, 0.1) is 6.92 Å². The number of rotatable bonds is 10. The molecule has 3 aromatic carbocycles. The van der Waals surface area contributed by atoms with Crippen molar-refractivity contribution in [3.05, 3.63) is 95.6 Å². The van der Waals surface area contributed by atoms with E-state index in [0.717, 1.165) is 11.1 Å². The van der Waals surface area contributed by atoms with Crippen molar-refractivity contribution in [3.63, 3.8) is 0 Å². The van der Waals surface area contributed by atoms with Gasteiger partial charge in [-0.2, -0.15) is 0 Å². The number of aliphatic carboxylic acids is 1. The molecule has 0 aliphatic rings. The summed E-state index contributed by atoms with van der Waals surface area (Å²) in [4.78, 5) is 38.8. The fourth-order valence-electron chi connectivity index (χ4n) is 3.94. The van der Waals surface area contributed by atoms with Crippen molar-refractivity contribution in [1.29, 1.82) is 0 Å². The fourth-order valence-corrected chi connectivity index (χ4v) is 3.94. The Morgan fingerprint density at radius 2 is 1.59 bits per heavy atom. The van der Waals surface area contributed by atoms with Gasteiger partial charge in [-0.1, -0.05) is 48.5 Å². The molecule has 2 atom stereocenters. The molecule has 3 rings (SSSR count). The van der Waals surface area contributed by atoms with Crippen molar-refractivity contribution in [2.45, 2.75) is 38.8 Å². The van der Waals surface area contributed by atoms with Crippen LogP contribution in [0.2, 0.25) is 0 Å². The van der Waals surface area contributed by atoms with Crippen LogP contribution in [0.4, 0.5) is 0 Å². The van der Waals surface area contributed by atoms with Crippen molar-refractivity contribution >= 4 is 17.8 Å². The van der Waals surface area contributed by atoms with Crippen LogP contribution in [0.5, 0.6) is 11.5 Å². The van der Waals surface area contributed by atoms with Crippen molar-refractivity contribution in [2.75, 3.05) is 0 Å². The maximum atomic E-state index is 13.8. The van der Waals surface area contributed by atoms with Crippen molar-refractivity contribution < 1.29 is 24.2 Å². The van der Waals surface area contributed by atoms with Crippen LogP contribution in [-0.2, 0) is 9.59 Å². The van der Waals surface area contributed by atoms with E-state index in [2.05, 4.69) is 0 Å². The average molecular weight is 461 g/mol. The fraction of sp³-hybridized carbons (Fsp3) is 0.222. The van der Waals surface area contributed by atoms with Gasteiger partial charge in [0.2, 0.25) is 5.91 Å². The maximum absolute atomic E-state index is 13.8. The molecular formula is C27H28N2O5. The molecule has 0 aliphatic carbocycles. The number of benzene rings is 3. The number of carboxylic acid groups (broad SMARTS) is 1. The van der Waals surface area contributed by atoms with Gasteiger partial charge in [-0.3, -0.25) is 14.4 Å². The van der Waals surface area contributed by atoms with Crippen LogP contribution in [0.3, 0.4) is 0 Å². The number of para-hydroxylation sites is 1. The molecule has 2 amide bonds. The summed E-state index contributed by atoms with van der Waals surface area (Å²) in [7, 11) is 0. The number of aryl methyl sites for hydroxylation is 1. The molecule has 7 nitrogen and oxygen atoms in total. The minimum absolute atomic E-state index is 0.0904. The largest absolute Gasteiger partial charge is 0.481 e. The van der Waals surface area contributed by atoms with E-state index < -0.39 is 29.9 Å². The smallest absolute Gasteiger partial charge is 0.303 e. The molecule has 34 heavy (non-hydrogen) atoms. The Labute approximate surface area is 198 Å². The van der Waals surface area contributed by atoms with Gasteiger partial charge in [0.15, 0.2) is 0 Å². The third-order valence-corrected chi connectivity index (χ3v) is 5.65. The lowest BCUT2D eigenvalue weighted by Crippen LogP contribution is -2.49. The Morgan fingerprint density at radius 3 is 2.24 bits per heavy atom. The summed E-state index contributed by atoms with van der Waals surface area (Å²) in [5.41, 5.74) is 7.76. The predicted octanol–water partition coefficient (Wildman–Crippen LogP) is 4.71. The van der Waals surface area contributed by atoms with Gasteiger partial charge >= 0.3 is 5.97 Å². The number of nitrogens with zero attached hydrogens (tertiary/aromatic N) is 1. The molecule has 3 N–H and O–H groups in total. The molecule has 0 aliphatic heterocycles. The highest BCUT2D eigenvalue weighted by molar-refractivity contribution is 5.98. The van der Waals surface area contributed by atoms with Crippen molar-refractivity contribution in [3.8, 4) is 11.5 Å².